The van der Waals surface area contributed by atoms with Gasteiger partial charge in [-0.2, -0.15) is 0 Å². The molecule has 0 radical (unpaired) electrons. The van der Waals surface area contributed by atoms with Crippen molar-refractivity contribution in [1.82, 2.24) is 4.98 Å². The first kappa shape index (κ1) is 11.5. The van der Waals surface area contributed by atoms with Crippen molar-refractivity contribution in [2.24, 2.45) is 11.1 Å². The van der Waals surface area contributed by atoms with Crippen LogP contribution in [0.5, 0.6) is 0 Å². The Hall–Kier alpha value is -1.55. The van der Waals surface area contributed by atoms with Gasteiger partial charge in [-0.3, -0.25) is 0 Å². The highest BCUT2D eigenvalue weighted by Gasteiger charge is 2.42. The molecule has 2 aromatic rings. The van der Waals surface area contributed by atoms with Gasteiger partial charge in [0.2, 0.25) is 0 Å². The lowest BCUT2D eigenvalue weighted by atomic mass is 10.1. The SMILES string of the molecule is Cc1nc2ccc(N(C)CC3(CN)CC3)cc2o1. The van der Waals surface area contributed by atoms with Crippen LogP contribution in [0.4, 0.5) is 5.69 Å². The largest absolute Gasteiger partial charge is 0.441 e. The summed E-state index contributed by atoms with van der Waals surface area (Å²) in [6.07, 6.45) is 2.50. The molecule has 0 bridgehead atoms. The second kappa shape index (κ2) is 3.99. The van der Waals surface area contributed by atoms with Gasteiger partial charge in [-0.05, 0) is 31.5 Å². The molecule has 1 aliphatic rings. The zero-order valence-corrected chi connectivity index (χ0v) is 10.9. The molecule has 0 atom stereocenters. The fraction of sp³-hybridized carbons (Fsp3) is 0.500. The predicted octanol–water partition coefficient (Wildman–Crippen LogP) is 2.31. The van der Waals surface area contributed by atoms with Gasteiger partial charge in [-0.25, -0.2) is 4.98 Å². The smallest absolute Gasteiger partial charge is 0.192 e. The van der Waals surface area contributed by atoms with Crippen LogP contribution in [0.15, 0.2) is 22.6 Å². The van der Waals surface area contributed by atoms with Gasteiger partial charge < -0.3 is 15.1 Å². The number of hydrogen-bond acceptors (Lipinski definition) is 4. The Balaban J connectivity index is 1.84. The Morgan fingerprint density at radius 2 is 2.22 bits per heavy atom. The van der Waals surface area contributed by atoms with Crippen molar-refractivity contribution in [2.75, 3.05) is 25.0 Å². The number of hydrogen-bond donors (Lipinski definition) is 1. The van der Waals surface area contributed by atoms with E-state index in [1.165, 1.54) is 18.5 Å². The Labute approximate surface area is 107 Å². The van der Waals surface area contributed by atoms with Crippen LogP contribution in [0.2, 0.25) is 0 Å². The second-order valence-corrected chi connectivity index (χ2v) is 5.45. The molecule has 4 heteroatoms. The molecule has 0 unspecified atom stereocenters. The van der Waals surface area contributed by atoms with Crippen molar-refractivity contribution in [3.63, 3.8) is 0 Å². The lowest BCUT2D eigenvalue weighted by Crippen LogP contribution is -2.31. The van der Waals surface area contributed by atoms with Crippen molar-refractivity contribution >= 4 is 16.8 Å². The molecule has 0 aliphatic heterocycles. The van der Waals surface area contributed by atoms with Gasteiger partial charge in [-0.1, -0.05) is 0 Å². The number of benzene rings is 1. The van der Waals surface area contributed by atoms with Crippen molar-refractivity contribution in [3.8, 4) is 0 Å². The number of anilines is 1. The van der Waals surface area contributed by atoms with Crippen LogP contribution < -0.4 is 10.6 Å². The van der Waals surface area contributed by atoms with E-state index < -0.39 is 0 Å². The first-order valence-corrected chi connectivity index (χ1v) is 6.40. The summed E-state index contributed by atoms with van der Waals surface area (Å²) in [5.74, 6) is 0.713. The third kappa shape index (κ3) is 1.97. The highest BCUT2D eigenvalue weighted by Crippen LogP contribution is 2.45. The summed E-state index contributed by atoms with van der Waals surface area (Å²) < 4.78 is 5.57. The molecule has 1 heterocycles. The average Bonchev–Trinajstić information content (AvgIpc) is 3.01. The monoisotopic (exact) mass is 245 g/mol. The number of nitrogens with zero attached hydrogens (tertiary/aromatic N) is 2. The maximum Gasteiger partial charge on any atom is 0.192 e. The average molecular weight is 245 g/mol. The molecule has 1 fully saturated rings. The van der Waals surface area contributed by atoms with Gasteiger partial charge in [0.25, 0.3) is 0 Å². The van der Waals surface area contributed by atoms with E-state index in [0.717, 1.165) is 24.2 Å². The molecule has 4 nitrogen and oxygen atoms in total. The molecule has 3 rings (SSSR count). The molecular formula is C14H19N3O. The number of fused-ring (bicyclic) bond motifs is 1. The molecule has 1 saturated carbocycles. The molecule has 1 aromatic carbocycles. The van der Waals surface area contributed by atoms with Crippen molar-refractivity contribution in [2.45, 2.75) is 19.8 Å². The van der Waals surface area contributed by atoms with E-state index in [0.29, 0.717) is 11.3 Å². The fourth-order valence-electron chi connectivity index (χ4n) is 2.46. The number of nitrogens with two attached hydrogens (primary N) is 1. The summed E-state index contributed by atoms with van der Waals surface area (Å²) >= 11 is 0. The van der Waals surface area contributed by atoms with Crippen LogP contribution in [0.25, 0.3) is 11.1 Å². The third-order valence-electron chi connectivity index (χ3n) is 3.88. The summed E-state index contributed by atoms with van der Waals surface area (Å²) in [5.41, 5.74) is 9.12. The standard InChI is InChI=1S/C14H19N3O/c1-10-16-12-4-3-11(7-13(12)18-10)17(2)9-14(8-15)5-6-14/h3-4,7H,5-6,8-9,15H2,1-2H3. The van der Waals surface area contributed by atoms with Gasteiger partial charge >= 0.3 is 0 Å². The Kier molecular flexibility index (Phi) is 2.55. The van der Waals surface area contributed by atoms with Gasteiger partial charge in [0.1, 0.15) is 5.52 Å². The number of aromatic nitrogens is 1. The quantitative estimate of drug-likeness (QED) is 0.898. The molecule has 18 heavy (non-hydrogen) atoms. The van der Waals surface area contributed by atoms with Gasteiger partial charge in [0, 0.05) is 37.7 Å². The van der Waals surface area contributed by atoms with Crippen molar-refractivity contribution in [3.05, 3.63) is 24.1 Å². The van der Waals surface area contributed by atoms with Crippen LogP contribution in [-0.4, -0.2) is 25.1 Å². The molecule has 0 spiro atoms. The highest BCUT2D eigenvalue weighted by atomic mass is 16.3. The Morgan fingerprint density at radius 1 is 1.44 bits per heavy atom. The second-order valence-electron chi connectivity index (χ2n) is 5.45. The molecule has 0 saturated heterocycles. The van der Waals surface area contributed by atoms with Crippen LogP contribution in [0, 0.1) is 12.3 Å². The lowest BCUT2D eigenvalue weighted by Gasteiger charge is -2.24. The fourth-order valence-corrected chi connectivity index (χ4v) is 2.46. The Morgan fingerprint density at radius 3 is 2.89 bits per heavy atom. The molecule has 1 aliphatic carbocycles. The molecular weight excluding hydrogens is 226 g/mol. The maximum absolute atomic E-state index is 5.83. The summed E-state index contributed by atoms with van der Waals surface area (Å²) in [7, 11) is 2.11. The topological polar surface area (TPSA) is 55.3 Å². The van der Waals surface area contributed by atoms with Crippen molar-refractivity contribution < 1.29 is 4.42 Å². The molecule has 1 aromatic heterocycles. The van der Waals surface area contributed by atoms with Gasteiger partial charge in [0.15, 0.2) is 11.5 Å². The van der Waals surface area contributed by atoms with Gasteiger partial charge in [0.05, 0.1) is 0 Å². The molecule has 2 N–H and O–H groups in total. The maximum atomic E-state index is 5.83. The highest BCUT2D eigenvalue weighted by molar-refractivity contribution is 5.77. The summed E-state index contributed by atoms with van der Waals surface area (Å²) in [5, 5.41) is 0. The normalized spacial score (nSPS) is 17.1. The molecule has 0 amide bonds. The first-order chi connectivity index (χ1) is 8.62. The summed E-state index contributed by atoms with van der Waals surface area (Å²) in [6, 6.07) is 6.17. The lowest BCUT2D eigenvalue weighted by molar-refractivity contribution is 0.523. The van der Waals surface area contributed by atoms with E-state index in [-0.39, 0.29) is 0 Å². The van der Waals surface area contributed by atoms with Crippen LogP contribution in [0.3, 0.4) is 0 Å². The zero-order valence-electron chi connectivity index (χ0n) is 10.9. The van der Waals surface area contributed by atoms with E-state index in [9.17, 15) is 0 Å². The third-order valence-corrected chi connectivity index (χ3v) is 3.88. The number of aryl methyl sites for hydroxylation is 1. The van der Waals surface area contributed by atoms with E-state index in [1.807, 2.05) is 13.0 Å². The number of rotatable bonds is 4. The van der Waals surface area contributed by atoms with E-state index in [1.54, 1.807) is 0 Å². The minimum absolute atomic E-state index is 0.348. The van der Waals surface area contributed by atoms with Crippen LogP contribution >= 0.6 is 0 Å². The summed E-state index contributed by atoms with van der Waals surface area (Å²) in [4.78, 5) is 6.57. The predicted molar refractivity (Wildman–Crippen MR) is 72.7 cm³/mol. The zero-order chi connectivity index (χ0) is 12.8. The van der Waals surface area contributed by atoms with Crippen LogP contribution in [-0.2, 0) is 0 Å². The van der Waals surface area contributed by atoms with E-state index in [2.05, 4.69) is 29.1 Å². The van der Waals surface area contributed by atoms with Gasteiger partial charge in [-0.15, -0.1) is 0 Å². The first-order valence-electron chi connectivity index (χ1n) is 6.40. The minimum atomic E-state index is 0.348. The van der Waals surface area contributed by atoms with E-state index >= 15 is 0 Å². The Bertz CT molecular complexity index is 571. The van der Waals surface area contributed by atoms with Crippen molar-refractivity contribution in [1.29, 1.82) is 0 Å². The molecule has 96 valence electrons. The van der Waals surface area contributed by atoms with E-state index in [4.69, 9.17) is 10.2 Å². The minimum Gasteiger partial charge on any atom is -0.441 e. The summed E-state index contributed by atoms with van der Waals surface area (Å²) in [6.45, 7) is 3.67. The van der Waals surface area contributed by atoms with Crippen LogP contribution in [0.1, 0.15) is 18.7 Å². The number of oxazole rings is 1.